The van der Waals surface area contributed by atoms with Crippen LogP contribution in [0.1, 0.15) is 65.1 Å². The molecule has 0 saturated heterocycles. The summed E-state index contributed by atoms with van der Waals surface area (Å²) >= 11 is 5.51. The molecule has 0 spiro atoms. The number of Topliss-reactive ketones (excluding diaryl/α,β-unsaturated/α-hetero) is 1. The number of halogens is 11. The molecule has 0 bridgehead atoms. The van der Waals surface area contributed by atoms with Crippen molar-refractivity contribution in [2.75, 3.05) is 0 Å². The molecular weight excluding hydrogens is 542 g/mol. The lowest BCUT2D eigenvalue weighted by atomic mass is 9.82. The van der Waals surface area contributed by atoms with Crippen LogP contribution in [0.25, 0.3) is 5.83 Å². The van der Waals surface area contributed by atoms with E-state index >= 15 is 0 Å². The van der Waals surface area contributed by atoms with Crippen LogP contribution in [0.3, 0.4) is 0 Å². The van der Waals surface area contributed by atoms with Gasteiger partial charge in [0.15, 0.2) is 5.78 Å². The Hall–Kier alpha value is -2.56. The van der Waals surface area contributed by atoms with Gasteiger partial charge in [-0.15, -0.1) is 0 Å². The lowest BCUT2D eigenvalue weighted by Gasteiger charge is -2.28. The van der Waals surface area contributed by atoms with Crippen molar-refractivity contribution < 1.29 is 48.7 Å². The number of allylic oxidation sites excluding steroid dienone is 1. The molecule has 0 radical (unpaired) electrons. The number of hydrogen-bond donors (Lipinski definition) is 0. The minimum Gasteiger partial charge on any atom is -0.294 e. The molecule has 0 amide bonds. The van der Waals surface area contributed by atoms with Gasteiger partial charge in [-0.1, -0.05) is 29.8 Å². The minimum atomic E-state index is -5.16. The van der Waals surface area contributed by atoms with Gasteiger partial charge in [0.2, 0.25) is 5.92 Å². The molecular formula is C25H19ClF10O. The van der Waals surface area contributed by atoms with Crippen LogP contribution in [0.4, 0.5) is 43.9 Å². The highest BCUT2D eigenvalue weighted by atomic mass is 35.5. The van der Waals surface area contributed by atoms with E-state index in [-0.39, 0.29) is 25.0 Å². The molecule has 37 heavy (non-hydrogen) atoms. The van der Waals surface area contributed by atoms with Crippen molar-refractivity contribution in [3.05, 3.63) is 75.6 Å². The molecule has 202 valence electrons. The topological polar surface area (TPSA) is 17.1 Å². The second-order valence-corrected chi connectivity index (χ2v) is 9.30. The van der Waals surface area contributed by atoms with E-state index in [1.807, 2.05) is 0 Å². The molecule has 1 unspecified atom stereocenters. The lowest BCUT2D eigenvalue weighted by Crippen LogP contribution is -2.26. The summed E-state index contributed by atoms with van der Waals surface area (Å²) in [7, 11) is 0. The SMILES string of the molecule is O=C(CC1CCC(F)(F)CC1)c1ccc(/C(F)=C/C(c2ccc(F)c(Cl)c2)C(F)(F)F)cc1C(F)(F)F. The number of hydrogen-bond acceptors (Lipinski definition) is 1. The first-order valence-electron chi connectivity index (χ1n) is 11.0. The fourth-order valence-electron chi connectivity index (χ4n) is 4.17. The molecule has 3 rings (SSSR count). The molecule has 0 aliphatic heterocycles. The van der Waals surface area contributed by atoms with E-state index in [0.717, 1.165) is 6.07 Å². The van der Waals surface area contributed by atoms with E-state index in [1.165, 1.54) is 0 Å². The maximum absolute atomic E-state index is 14.9. The first-order chi connectivity index (χ1) is 17.0. The van der Waals surface area contributed by atoms with Gasteiger partial charge >= 0.3 is 12.4 Å². The number of carbonyl (C=O) groups is 1. The Morgan fingerprint density at radius 2 is 1.65 bits per heavy atom. The molecule has 2 aromatic carbocycles. The van der Waals surface area contributed by atoms with Crippen LogP contribution in [0.15, 0.2) is 42.5 Å². The fraction of sp³-hybridized carbons (Fsp3) is 0.400. The van der Waals surface area contributed by atoms with Gasteiger partial charge in [-0.05, 0) is 48.6 Å². The molecule has 1 fully saturated rings. The van der Waals surface area contributed by atoms with Crippen LogP contribution in [-0.4, -0.2) is 17.9 Å². The van der Waals surface area contributed by atoms with Crippen LogP contribution >= 0.6 is 11.6 Å². The van der Waals surface area contributed by atoms with E-state index in [0.29, 0.717) is 24.3 Å². The molecule has 1 nitrogen and oxygen atoms in total. The highest BCUT2D eigenvalue weighted by molar-refractivity contribution is 6.30. The van der Waals surface area contributed by atoms with Crippen molar-refractivity contribution in [3.8, 4) is 0 Å². The summed E-state index contributed by atoms with van der Waals surface area (Å²) in [6.45, 7) is 0. The van der Waals surface area contributed by atoms with Crippen molar-refractivity contribution in [3.63, 3.8) is 0 Å². The second kappa shape index (κ2) is 10.7. The van der Waals surface area contributed by atoms with Gasteiger partial charge in [0.05, 0.1) is 10.6 Å². The van der Waals surface area contributed by atoms with E-state index in [1.54, 1.807) is 0 Å². The number of ketones is 1. The summed E-state index contributed by atoms with van der Waals surface area (Å²) in [5, 5.41) is -0.663. The van der Waals surface area contributed by atoms with Gasteiger partial charge in [-0.2, -0.15) is 26.3 Å². The van der Waals surface area contributed by atoms with Crippen LogP contribution in [0, 0.1) is 11.7 Å². The summed E-state index contributed by atoms with van der Waals surface area (Å²) in [5.41, 5.74) is -3.91. The standard InChI is InChI=1S/C25H19ClF10O/c26-19-11-14(2-4-20(19)27)17(24(31,32)33)12-21(28)15-1-3-16(18(10-15)25(34,35)36)22(37)9-13-5-7-23(29,30)8-6-13/h1-4,10-13,17H,5-9H2/b21-12-. The summed E-state index contributed by atoms with van der Waals surface area (Å²) in [4.78, 5) is 12.6. The van der Waals surface area contributed by atoms with Crippen LogP contribution in [0.2, 0.25) is 5.02 Å². The zero-order chi connectivity index (χ0) is 27.8. The van der Waals surface area contributed by atoms with Gasteiger partial charge < -0.3 is 0 Å². The number of rotatable bonds is 6. The maximum atomic E-state index is 14.9. The quantitative estimate of drug-likeness (QED) is 0.254. The monoisotopic (exact) mass is 560 g/mol. The van der Waals surface area contributed by atoms with Crippen molar-refractivity contribution in [1.82, 2.24) is 0 Å². The lowest BCUT2D eigenvalue weighted by molar-refractivity contribution is -0.140. The first kappa shape index (κ1) is 29.0. The van der Waals surface area contributed by atoms with Crippen molar-refractivity contribution >= 4 is 23.2 Å². The Morgan fingerprint density at radius 3 is 2.19 bits per heavy atom. The molecule has 1 saturated carbocycles. The number of alkyl halides is 8. The van der Waals surface area contributed by atoms with Gasteiger partial charge in [0.25, 0.3) is 0 Å². The predicted molar refractivity (Wildman–Crippen MR) is 117 cm³/mol. The van der Waals surface area contributed by atoms with Crippen molar-refractivity contribution in [1.29, 1.82) is 0 Å². The maximum Gasteiger partial charge on any atom is 0.417 e. The van der Waals surface area contributed by atoms with Crippen molar-refractivity contribution in [2.45, 2.75) is 56.3 Å². The Bertz CT molecular complexity index is 1170. The Morgan fingerprint density at radius 1 is 1.03 bits per heavy atom. The zero-order valence-corrected chi connectivity index (χ0v) is 19.6. The third kappa shape index (κ3) is 7.27. The first-order valence-corrected chi connectivity index (χ1v) is 11.4. The fourth-order valence-corrected chi connectivity index (χ4v) is 4.36. The third-order valence-electron chi connectivity index (χ3n) is 6.18. The summed E-state index contributed by atoms with van der Waals surface area (Å²) in [6, 6.07) is 3.59. The smallest absolute Gasteiger partial charge is 0.294 e. The average molecular weight is 561 g/mol. The molecule has 0 heterocycles. The van der Waals surface area contributed by atoms with Crippen LogP contribution in [0.5, 0.6) is 0 Å². The predicted octanol–water partition coefficient (Wildman–Crippen LogP) is 9.55. The van der Waals surface area contributed by atoms with Crippen LogP contribution < -0.4 is 0 Å². The summed E-state index contributed by atoms with van der Waals surface area (Å²) in [6.07, 6.45) is -11.8. The molecule has 1 atom stereocenters. The van der Waals surface area contributed by atoms with E-state index in [2.05, 4.69) is 0 Å². The highest BCUT2D eigenvalue weighted by Gasteiger charge is 2.41. The molecule has 2 aromatic rings. The second-order valence-electron chi connectivity index (χ2n) is 8.89. The average Bonchev–Trinajstić information content (AvgIpc) is 2.79. The minimum absolute atomic E-state index is 0.0305. The third-order valence-corrected chi connectivity index (χ3v) is 6.47. The normalized spacial score (nSPS) is 18.1. The van der Waals surface area contributed by atoms with Gasteiger partial charge in [-0.3, -0.25) is 4.79 Å². The molecule has 12 heteroatoms. The van der Waals surface area contributed by atoms with Gasteiger partial charge in [0.1, 0.15) is 17.6 Å². The highest BCUT2D eigenvalue weighted by Crippen LogP contribution is 2.42. The summed E-state index contributed by atoms with van der Waals surface area (Å²) < 4.78 is 137. The molecule has 0 aromatic heterocycles. The Balaban J connectivity index is 1.94. The van der Waals surface area contributed by atoms with E-state index in [9.17, 15) is 48.7 Å². The molecule has 1 aliphatic rings. The van der Waals surface area contributed by atoms with Gasteiger partial charge in [0, 0.05) is 30.4 Å². The Kier molecular flexibility index (Phi) is 8.36. The summed E-state index contributed by atoms with van der Waals surface area (Å²) in [5.74, 6) is -9.79. The van der Waals surface area contributed by atoms with E-state index in [4.69, 9.17) is 11.6 Å². The number of benzene rings is 2. The number of carbonyl (C=O) groups excluding carboxylic acids is 1. The van der Waals surface area contributed by atoms with Crippen molar-refractivity contribution in [2.24, 2.45) is 5.92 Å². The zero-order valence-electron chi connectivity index (χ0n) is 18.8. The van der Waals surface area contributed by atoms with Gasteiger partial charge in [-0.25, -0.2) is 17.6 Å². The van der Waals surface area contributed by atoms with Crippen LogP contribution in [-0.2, 0) is 6.18 Å². The largest absolute Gasteiger partial charge is 0.417 e. The van der Waals surface area contributed by atoms with E-state index < -0.39 is 94.1 Å². The molecule has 1 aliphatic carbocycles. The Labute approximate surface area is 210 Å². The molecule has 0 N–H and O–H groups in total.